The van der Waals surface area contributed by atoms with Crippen molar-refractivity contribution in [3.05, 3.63) is 34.6 Å². The molecule has 21 heavy (non-hydrogen) atoms. The van der Waals surface area contributed by atoms with E-state index in [1.165, 1.54) is 5.56 Å². The first-order valence-electron chi connectivity index (χ1n) is 7.09. The predicted octanol–water partition coefficient (Wildman–Crippen LogP) is 4.33. The maximum absolute atomic E-state index is 5.77. The van der Waals surface area contributed by atoms with Crippen LogP contribution in [0.15, 0.2) is 29.0 Å². The van der Waals surface area contributed by atoms with Gasteiger partial charge in [0.2, 0.25) is 0 Å². The molecule has 1 heterocycles. The van der Waals surface area contributed by atoms with E-state index in [-0.39, 0.29) is 0 Å². The fraction of sp³-hybridized carbons (Fsp3) is 0.467. The van der Waals surface area contributed by atoms with Crippen LogP contribution in [0.5, 0.6) is 0 Å². The fourth-order valence-corrected chi connectivity index (χ4v) is 3.21. The molecule has 0 aliphatic rings. The van der Waals surface area contributed by atoms with Crippen molar-refractivity contribution in [3.8, 4) is 11.4 Å². The minimum Gasteiger partial charge on any atom is -0.359 e. The Balaban J connectivity index is 2.05. The van der Waals surface area contributed by atoms with Crippen molar-refractivity contribution < 1.29 is 4.74 Å². The lowest BCUT2D eigenvalue weighted by atomic mass is 10.1. The largest absolute Gasteiger partial charge is 0.359 e. The summed E-state index contributed by atoms with van der Waals surface area (Å²) in [5.41, 5.74) is 2.25. The van der Waals surface area contributed by atoms with Gasteiger partial charge in [0.15, 0.2) is 5.82 Å². The summed E-state index contributed by atoms with van der Waals surface area (Å²) in [4.78, 5) is 4.37. The van der Waals surface area contributed by atoms with Crippen molar-refractivity contribution in [2.45, 2.75) is 39.3 Å². The van der Waals surface area contributed by atoms with Crippen LogP contribution in [0.2, 0.25) is 25.7 Å². The van der Waals surface area contributed by atoms with E-state index >= 15 is 0 Å². The van der Waals surface area contributed by atoms with Crippen molar-refractivity contribution in [2.24, 2.45) is 0 Å². The van der Waals surface area contributed by atoms with Crippen LogP contribution < -0.4 is 0 Å². The van der Waals surface area contributed by atoms with E-state index in [1.54, 1.807) is 6.33 Å². The highest BCUT2D eigenvalue weighted by molar-refractivity contribution is 9.10. The maximum atomic E-state index is 5.77. The molecule has 2 rings (SSSR count). The topological polar surface area (TPSA) is 39.9 Å². The molecule has 0 unspecified atom stereocenters. The molecule has 6 heteroatoms. The monoisotopic (exact) mass is 367 g/mol. The number of rotatable bonds is 6. The molecule has 0 aliphatic carbocycles. The lowest BCUT2D eigenvalue weighted by Gasteiger charge is -2.15. The van der Waals surface area contributed by atoms with Gasteiger partial charge in [0, 0.05) is 24.7 Å². The molecular formula is C15H22BrN3OSi. The predicted molar refractivity (Wildman–Crippen MR) is 92.0 cm³/mol. The summed E-state index contributed by atoms with van der Waals surface area (Å²) in [6, 6.07) is 7.32. The second kappa shape index (κ2) is 6.85. The molecule has 114 valence electrons. The minimum absolute atomic E-state index is 0.454. The van der Waals surface area contributed by atoms with Crippen LogP contribution in [0.4, 0.5) is 0 Å². The molecule has 0 bridgehead atoms. The summed E-state index contributed by atoms with van der Waals surface area (Å²) in [5, 5.41) is 4.27. The van der Waals surface area contributed by atoms with Gasteiger partial charge in [0.05, 0.1) is 0 Å². The summed E-state index contributed by atoms with van der Waals surface area (Å²) >= 11 is 3.48. The molecule has 0 fully saturated rings. The van der Waals surface area contributed by atoms with E-state index in [4.69, 9.17) is 4.74 Å². The summed E-state index contributed by atoms with van der Waals surface area (Å²) in [7, 11) is -1.05. The molecule has 4 nitrogen and oxygen atoms in total. The Kier molecular flexibility index (Phi) is 5.35. The van der Waals surface area contributed by atoms with Gasteiger partial charge in [-0.05, 0) is 36.7 Å². The highest BCUT2D eigenvalue weighted by Crippen LogP contribution is 2.24. The van der Waals surface area contributed by atoms with Gasteiger partial charge < -0.3 is 4.74 Å². The summed E-state index contributed by atoms with van der Waals surface area (Å²) in [6.07, 6.45) is 1.58. The quantitative estimate of drug-likeness (QED) is 0.563. The molecule has 0 amide bonds. The van der Waals surface area contributed by atoms with Gasteiger partial charge in [-0.3, -0.25) is 0 Å². The Labute approximate surface area is 135 Å². The van der Waals surface area contributed by atoms with Crippen molar-refractivity contribution in [1.29, 1.82) is 0 Å². The van der Waals surface area contributed by atoms with Gasteiger partial charge >= 0.3 is 0 Å². The number of halogens is 1. The van der Waals surface area contributed by atoms with Gasteiger partial charge in [0.25, 0.3) is 0 Å². The average molecular weight is 368 g/mol. The SMILES string of the molecule is Cc1cc(Br)ccc1-c1ncnn1COCC[Si](C)(C)C. The van der Waals surface area contributed by atoms with E-state index in [1.807, 2.05) is 10.7 Å². The first-order valence-corrected chi connectivity index (χ1v) is 11.6. The number of ether oxygens (including phenoxy) is 1. The van der Waals surface area contributed by atoms with E-state index in [0.29, 0.717) is 6.73 Å². The van der Waals surface area contributed by atoms with Crippen LogP contribution in [0.25, 0.3) is 11.4 Å². The summed E-state index contributed by atoms with van der Waals surface area (Å²) in [6.45, 7) is 10.4. The van der Waals surface area contributed by atoms with E-state index in [9.17, 15) is 0 Å². The van der Waals surface area contributed by atoms with Crippen molar-refractivity contribution in [2.75, 3.05) is 6.61 Å². The van der Waals surface area contributed by atoms with Crippen LogP contribution in [-0.2, 0) is 11.5 Å². The Bertz CT molecular complexity index is 607. The van der Waals surface area contributed by atoms with Gasteiger partial charge in [-0.2, -0.15) is 5.10 Å². The van der Waals surface area contributed by atoms with Crippen LogP contribution >= 0.6 is 15.9 Å². The zero-order valence-corrected chi connectivity index (χ0v) is 15.6. The molecule has 0 N–H and O–H groups in total. The smallest absolute Gasteiger partial charge is 0.160 e. The van der Waals surface area contributed by atoms with Crippen LogP contribution in [0.3, 0.4) is 0 Å². The normalized spacial score (nSPS) is 11.9. The second-order valence-corrected chi connectivity index (χ2v) is 12.9. The number of nitrogens with zero attached hydrogens (tertiary/aromatic N) is 3. The van der Waals surface area contributed by atoms with Gasteiger partial charge in [0.1, 0.15) is 13.1 Å². The maximum Gasteiger partial charge on any atom is 0.160 e. The molecule has 0 radical (unpaired) electrons. The van der Waals surface area contributed by atoms with Gasteiger partial charge in [-0.25, -0.2) is 9.67 Å². The van der Waals surface area contributed by atoms with Gasteiger partial charge in [-0.1, -0.05) is 35.6 Å². The molecule has 0 spiro atoms. The minimum atomic E-state index is -1.05. The molecule has 1 aromatic heterocycles. The average Bonchev–Trinajstić information content (AvgIpc) is 2.82. The van der Waals surface area contributed by atoms with E-state index < -0.39 is 8.07 Å². The fourth-order valence-electron chi connectivity index (χ4n) is 1.97. The number of aryl methyl sites for hydroxylation is 1. The molecule has 0 saturated heterocycles. The summed E-state index contributed by atoms with van der Waals surface area (Å²) in [5.74, 6) is 0.855. The first-order chi connectivity index (χ1) is 9.87. The molecule has 1 aromatic carbocycles. The number of hydrogen-bond donors (Lipinski definition) is 0. The molecule has 0 saturated carbocycles. The van der Waals surface area contributed by atoms with Crippen LogP contribution in [0.1, 0.15) is 5.56 Å². The van der Waals surface area contributed by atoms with E-state index in [2.05, 4.69) is 64.7 Å². The third kappa shape index (κ3) is 4.76. The van der Waals surface area contributed by atoms with Crippen LogP contribution in [-0.4, -0.2) is 29.4 Å². The van der Waals surface area contributed by atoms with Crippen molar-refractivity contribution >= 4 is 24.0 Å². The molecule has 0 aliphatic heterocycles. The van der Waals surface area contributed by atoms with Crippen molar-refractivity contribution in [1.82, 2.24) is 14.8 Å². The Morgan fingerprint density at radius 3 is 2.71 bits per heavy atom. The summed E-state index contributed by atoms with van der Waals surface area (Å²) < 4.78 is 8.66. The third-order valence-corrected chi connectivity index (χ3v) is 5.45. The Morgan fingerprint density at radius 2 is 2.05 bits per heavy atom. The number of hydrogen-bond acceptors (Lipinski definition) is 3. The zero-order chi connectivity index (χ0) is 15.5. The lowest BCUT2D eigenvalue weighted by molar-refractivity contribution is 0.0796. The Morgan fingerprint density at radius 1 is 1.29 bits per heavy atom. The lowest BCUT2D eigenvalue weighted by Crippen LogP contribution is -2.22. The number of benzene rings is 1. The second-order valence-electron chi connectivity index (χ2n) is 6.39. The molecule has 0 atom stereocenters. The van der Waals surface area contributed by atoms with Gasteiger partial charge in [-0.15, -0.1) is 0 Å². The molecular weight excluding hydrogens is 346 g/mol. The standard InChI is InChI=1S/C15H22BrN3OSi/c1-12-9-13(16)5-6-14(12)15-17-10-18-19(15)11-20-7-8-21(2,3)4/h5-6,9-10H,7-8,11H2,1-4H3. The third-order valence-electron chi connectivity index (χ3n) is 3.25. The van der Waals surface area contributed by atoms with Crippen LogP contribution in [0, 0.1) is 6.92 Å². The highest BCUT2D eigenvalue weighted by atomic mass is 79.9. The molecule has 2 aromatic rings. The van der Waals surface area contributed by atoms with E-state index in [0.717, 1.165) is 28.5 Å². The highest BCUT2D eigenvalue weighted by Gasteiger charge is 2.13. The zero-order valence-electron chi connectivity index (χ0n) is 13.1. The van der Waals surface area contributed by atoms with Crippen molar-refractivity contribution in [3.63, 3.8) is 0 Å². The number of aromatic nitrogens is 3. The first kappa shape index (κ1) is 16.4. The Hall–Kier alpha value is -0.983.